The van der Waals surface area contributed by atoms with E-state index in [0.29, 0.717) is 6.42 Å². The minimum absolute atomic E-state index is 0.0665. The highest BCUT2D eigenvalue weighted by molar-refractivity contribution is 14.1. The number of hydrogen-bond acceptors (Lipinski definition) is 7. The van der Waals surface area contributed by atoms with Gasteiger partial charge in [0.05, 0.1) is 20.0 Å². The Labute approximate surface area is 199 Å². The molecule has 1 aromatic rings. The zero-order chi connectivity index (χ0) is 24.1. The molecule has 0 unspecified atom stereocenters. The first kappa shape index (κ1) is 27.3. The normalized spacial score (nSPS) is 11.3. The molecule has 0 fully saturated rings. The van der Waals surface area contributed by atoms with Gasteiger partial charge in [-0.25, -0.2) is 10.2 Å². The van der Waals surface area contributed by atoms with Crippen LogP contribution < -0.4 is 16.5 Å². The molecule has 0 aliphatic heterocycles. The average Bonchev–Trinajstić information content (AvgIpc) is 2.73. The molecule has 1 atom stereocenters. The first-order valence-electron chi connectivity index (χ1n) is 9.83. The van der Waals surface area contributed by atoms with Crippen molar-refractivity contribution in [2.45, 2.75) is 44.7 Å². The third kappa shape index (κ3) is 10.5. The maximum Gasteiger partial charge on any atom is 0.328 e. The number of ketones is 1. The van der Waals surface area contributed by atoms with Crippen molar-refractivity contribution < 1.29 is 29.0 Å². The fourth-order valence-electron chi connectivity index (χ4n) is 2.76. The second-order valence-electron chi connectivity index (χ2n) is 6.86. The Bertz CT molecular complexity index is 834. The summed E-state index contributed by atoms with van der Waals surface area (Å²) >= 11 is 2.14. The predicted octanol–water partition coefficient (Wildman–Crippen LogP) is 0.753. The number of amides is 1. The Balaban J connectivity index is 2.91. The SMILES string of the molecule is COC(=O)CCC(=O)CC(=O)N(NCc1cccc(I)c1)[C@@H](CCCNC(=N)N)C(=O)O. The number of aliphatic carboxylic acids is 1. The number of nitrogens with two attached hydrogens (primary N) is 1. The maximum atomic E-state index is 12.8. The number of Topliss-reactive ketones (excluding diaryl/α,β-unsaturated/α-hetero) is 1. The van der Waals surface area contributed by atoms with Crippen molar-refractivity contribution in [3.63, 3.8) is 0 Å². The third-order valence-corrected chi connectivity index (χ3v) is 5.03. The number of carboxylic acid groups (broad SMARTS) is 1. The number of hydrazine groups is 1. The molecule has 0 aliphatic rings. The van der Waals surface area contributed by atoms with Gasteiger partial charge in [0, 0.05) is 23.1 Å². The number of nitrogens with zero attached hydrogens (tertiary/aromatic N) is 1. The molecule has 0 saturated heterocycles. The lowest BCUT2D eigenvalue weighted by atomic mass is 10.1. The zero-order valence-corrected chi connectivity index (χ0v) is 19.9. The van der Waals surface area contributed by atoms with Crippen LogP contribution in [0.2, 0.25) is 0 Å². The highest BCUT2D eigenvalue weighted by Crippen LogP contribution is 2.12. The van der Waals surface area contributed by atoms with Gasteiger partial charge in [-0.1, -0.05) is 12.1 Å². The summed E-state index contributed by atoms with van der Waals surface area (Å²) < 4.78 is 5.46. The monoisotopic (exact) mass is 561 g/mol. The molecule has 0 bridgehead atoms. The molecular weight excluding hydrogens is 533 g/mol. The number of halogens is 1. The Morgan fingerprint density at radius 3 is 2.59 bits per heavy atom. The minimum atomic E-state index is -1.24. The number of esters is 1. The zero-order valence-electron chi connectivity index (χ0n) is 17.7. The summed E-state index contributed by atoms with van der Waals surface area (Å²) in [5, 5.41) is 20.4. The van der Waals surface area contributed by atoms with E-state index in [1.165, 1.54) is 7.11 Å². The van der Waals surface area contributed by atoms with Crippen LogP contribution in [0.1, 0.15) is 37.7 Å². The van der Waals surface area contributed by atoms with Gasteiger partial charge in [0.2, 0.25) is 5.91 Å². The van der Waals surface area contributed by atoms with Crippen LogP contribution >= 0.6 is 22.6 Å². The summed E-state index contributed by atoms with van der Waals surface area (Å²) in [4.78, 5) is 48.1. The van der Waals surface area contributed by atoms with Gasteiger partial charge in [0.25, 0.3) is 0 Å². The number of guanidine groups is 1. The highest BCUT2D eigenvalue weighted by Gasteiger charge is 2.30. The molecule has 0 aromatic heterocycles. The van der Waals surface area contributed by atoms with E-state index < -0.39 is 36.1 Å². The summed E-state index contributed by atoms with van der Waals surface area (Å²) in [5.41, 5.74) is 8.90. The van der Waals surface area contributed by atoms with Crippen LogP contribution in [0.25, 0.3) is 0 Å². The van der Waals surface area contributed by atoms with Gasteiger partial charge < -0.3 is 20.9 Å². The summed E-state index contributed by atoms with van der Waals surface area (Å²) in [5.74, 6) is -3.25. The van der Waals surface area contributed by atoms with Crippen LogP contribution in [0.3, 0.4) is 0 Å². The minimum Gasteiger partial charge on any atom is -0.480 e. The summed E-state index contributed by atoms with van der Waals surface area (Å²) in [6.07, 6.45) is -0.495. The number of methoxy groups -OCH3 is 1. The Morgan fingerprint density at radius 2 is 2.00 bits per heavy atom. The van der Waals surface area contributed by atoms with Crippen molar-refractivity contribution in [2.24, 2.45) is 5.73 Å². The van der Waals surface area contributed by atoms with Crippen LogP contribution in [0.4, 0.5) is 0 Å². The number of nitrogens with one attached hydrogen (secondary N) is 3. The molecule has 12 heteroatoms. The van der Waals surface area contributed by atoms with Gasteiger partial charge in [-0.2, -0.15) is 0 Å². The van der Waals surface area contributed by atoms with Gasteiger partial charge in [-0.3, -0.25) is 24.8 Å². The number of carbonyl (C=O) groups is 4. The average molecular weight is 561 g/mol. The van der Waals surface area contributed by atoms with Crippen molar-refractivity contribution in [1.82, 2.24) is 15.8 Å². The van der Waals surface area contributed by atoms with Crippen LogP contribution in [0.5, 0.6) is 0 Å². The van der Waals surface area contributed by atoms with Crippen molar-refractivity contribution in [3.05, 3.63) is 33.4 Å². The Morgan fingerprint density at radius 1 is 1.28 bits per heavy atom. The summed E-state index contributed by atoms with van der Waals surface area (Å²) in [6.45, 7) is 0.435. The first-order chi connectivity index (χ1) is 15.1. The fraction of sp³-hybridized carbons (Fsp3) is 0.450. The molecule has 1 aromatic carbocycles. The van der Waals surface area contributed by atoms with Crippen molar-refractivity contribution in [1.29, 1.82) is 5.41 Å². The predicted molar refractivity (Wildman–Crippen MR) is 124 cm³/mol. The van der Waals surface area contributed by atoms with E-state index in [1.807, 2.05) is 24.3 Å². The molecule has 0 heterocycles. The van der Waals surface area contributed by atoms with E-state index >= 15 is 0 Å². The van der Waals surface area contributed by atoms with Gasteiger partial charge in [0.1, 0.15) is 11.8 Å². The number of rotatable bonds is 14. The molecular formula is C20H28IN5O6. The summed E-state index contributed by atoms with van der Waals surface area (Å²) in [7, 11) is 1.20. The van der Waals surface area contributed by atoms with E-state index in [0.717, 1.165) is 14.1 Å². The first-order valence-corrected chi connectivity index (χ1v) is 10.9. The number of carboxylic acids is 1. The third-order valence-electron chi connectivity index (χ3n) is 4.36. The lowest BCUT2D eigenvalue weighted by molar-refractivity contribution is -0.155. The fourth-order valence-corrected chi connectivity index (χ4v) is 3.37. The smallest absolute Gasteiger partial charge is 0.328 e. The molecule has 0 spiro atoms. The number of hydrogen-bond donors (Lipinski definition) is 5. The van der Waals surface area contributed by atoms with Crippen molar-refractivity contribution in [2.75, 3.05) is 13.7 Å². The van der Waals surface area contributed by atoms with Gasteiger partial charge in [0.15, 0.2) is 5.96 Å². The molecule has 0 radical (unpaired) electrons. The topological polar surface area (TPSA) is 175 Å². The van der Waals surface area contributed by atoms with Crippen molar-refractivity contribution in [3.8, 4) is 0 Å². The van der Waals surface area contributed by atoms with Gasteiger partial charge in [-0.05, 0) is 53.1 Å². The molecule has 6 N–H and O–H groups in total. The Kier molecular flexibility index (Phi) is 12.2. The lowest BCUT2D eigenvalue weighted by Crippen LogP contribution is -2.53. The van der Waals surface area contributed by atoms with Crippen LogP contribution in [0.15, 0.2) is 24.3 Å². The van der Waals surface area contributed by atoms with E-state index in [4.69, 9.17) is 11.1 Å². The largest absolute Gasteiger partial charge is 0.480 e. The molecule has 0 aliphatic carbocycles. The highest BCUT2D eigenvalue weighted by atomic mass is 127. The van der Waals surface area contributed by atoms with Crippen LogP contribution in [0, 0.1) is 8.98 Å². The summed E-state index contributed by atoms with van der Waals surface area (Å²) in [6, 6.07) is 6.20. The molecule has 0 saturated carbocycles. The second-order valence-corrected chi connectivity index (χ2v) is 8.10. The number of ether oxygens (including phenoxy) is 1. The lowest BCUT2D eigenvalue weighted by Gasteiger charge is -2.29. The number of benzene rings is 1. The molecule has 11 nitrogen and oxygen atoms in total. The van der Waals surface area contributed by atoms with Crippen LogP contribution in [-0.2, 0) is 30.5 Å². The van der Waals surface area contributed by atoms with Gasteiger partial charge >= 0.3 is 11.9 Å². The second kappa shape index (κ2) is 14.3. The quantitative estimate of drug-likeness (QED) is 0.0418. The molecule has 1 amide bonds. The van der Waals surface area contributed by atoms with Crippen molar-refractivity contribution >= 4 is 52.2 Å². The van der Waals surface area contributed by atoms with Crippen LogP contribution in [-0.4, -0.2) is 59.4 Å². The number of carbonyl (C=O) groups excluding carboxylic acids is 3. The molecule has 32 heavy (non-hydrogen) atoms. The van der Waals surface area contributed by atoms with Gasteiger partial charge in [-0.15, -0.1) is 0 Å². The Hall–Kier alpha value is -2.74. The van der Waals surface area contributed by atoms with E-state index in [-0.39, 0.29) is 38.3 Å². The molecule has 176 valence electrons. The van der Waals surface area contributed by atoms with E-state index in [1.54, 1.807) is 0 Å². The van der Waals surface area contributed by atoms with E-state index in [2.05, 4.69) is 38.1 Å². The standard InChI is InChI=1S/C20H28IN5O6/c1-32-18(29)8-7-15(27)11-17(28)26(25-12-13-4-2-5-14(21)10-13)16(19(30)31)6-3-9-24-20(22)23/h2,4-5,10,16,25H,3,6-9,11-12H2,1H3,(H,30,31)(H4,22,23,24)/t16-/m0/s1. The molecule has 1 rings (SSSR count). The van der Waals surface area contributed by atoms with E-state index in [9.17, 15) is 24.3 Å². The maximum absolute atomic E-state index is 12.8.